The number of hydrogen-bond donors (Lipinski definition) is 1. The van der Waals surface area contributed by atoms with E-state index in [1.54, 1.807) is 0 Å². The first-order chi connectivity index (χ1) is 9.95. The Labute approximate surface area is 126 Å². The topological polar surface area (TPSA) is 15.0 Å². The van der Waals surface area contributed by atoms with Crippen LogP contribution in [0.15, 0.2) is 0 Å². The maximum atomic E-state index is 3.85. The maximum Gasteiger partial charge on any atom is 0.0110 e. The molecule has 0 aromatic rings. The predicted octanol–water partition coefficient (Wildman–Crippen LogP) is 4.35. The fourth-order valence-corrected chi connectivity index (χ4v) is 3.43. The van der Waals surface area contributed by atoms with E-state index < -0.39 is 0 Å². The minimum Gasteiger partial charge on any atom is -0.314 e. The summed E-state index contributed by atoms with van der Waals surface area (Å²) in [5.74, 6) is 0. The normalized spacial score (nSPS) is 24.0. The summed E-state index contributed by atoms with van der Waals surface area (Å²) in [6.07, 6.45) is 18.8. The second-order valence-electron chi connectivity index (χ2n) is 6.96. The third-order valence-corrected chi connectivity index (χ3v) is 4.98. The van der Waals surface area contributed by atoms with Crippen LogP contribution in [0.5, 0.6) is 0 Å². The monoisotopic (exact) mass is 280 g/mol. The molecule has 2 aliphatic rings. The molecule has 2 fully saturated rings. The highest BCUT2D eigenvalue weighted by Crippen LogP contribution is 2.17. The molecule has 1 saturated carbocycles. The molecule has 0 unspecified atom stereocenters. The van der Waals surface area contributed by atoms with E-state index in [4.69, 9.17) is 0 Å². The summed E-state index contributed by atoms with van der Waals surface area (Å²) in [6.45, 7) is 5.30. The largest absolute Gasteiger partial charge is 0.314 e. The Morgan fingerprint density at radius 3 is 1.80 bits per heavy atom. The van der Waals surface area contributed by atoms with Gasteiger partial charge in [-0.05, 0) is 38.8 Å². The molecular weight excluding hydrogens is 244 g/mol. The van der Waals surface area contributed by atoms with Crippen LogP contribution in [0.1, 0.15) is 83.5 Å². The second-order valence-corrected chi connectivity index (χ2v) is 6.96. The number of rotatable bonds is 6. The van der Waals surface area contributed by atoms with E-state index >= 15 is 0 Å². The van der Waals surface area contributed by atoms with Crippen molar-refractivity contribution in [1.29, 1.82) is 0 Å². The van der Waals surface area contributed by atoms with Gasteiger partial charge in [-0.3, -0.25) is 0 Å². The first kappa shape index (κ1) is 16.3. The lowest BCUT2D eigenvalue weighted by atomic mass is 9.98. The molecule has 2 rings (SSSR count). The van der Waals surface area contributed by atoms with Gasteiger partial charge in [0.25, 0.3) is 0 Å². The van der Waals surface area contributed by atoms with Gasteiger partial charge >= 0.3 is 0 Å². The Balaban J connectivity index is 1.53. The summed E-state index contributed by atoms with van der Waals surface area (Å²) < 4.78 is 0. The van der Waals surface area contributed by atoms with Crippen molar-refractivity contribution in [2.75, 3.05) is 26.2 Å². The van der Waals surface area contributed by atoms with E-state index in [9.17, 15) is 0 Å². The summed E-state index contributed by atoms with van der Waals surface area (Å²) in [5.41, 5.74) is 0. The molecular formula is C18H36N2. The zero-order valence-electron chi connectivity index (χ0n) is 13.5. The van der Waals surface area contributed by atoms with Crippen molar-refractivity contribution in [1.82, 2.24) is 10.2 Å². The Hall–Kier alpha value is -0.0800. The van der Waals surface area contributed by atoms with Gasteiger partial charge in [0.2, 0.25) is 0 Å². The first-order valence-corrected chi connectivity index (χ1v) is 9.41. The summed E-state index contributed by atoms with van der Waals surface area (Å²) >= 11 is 0. The first-order valence-electron chi connectivity index (χ1n) is 9.41. The van der Waals surface area contributed by atoms with Crippen molar-refractivity contribution >= 4 is 0 Å². The molecule has 0 radical (unpaired) electrons. The Kier molecular flexibility index (Phi) is 8.65. The molecule has 0 spiro atoms. The number of nitrogens with one attached hydrogen (secondary N) is 1. The van der Waals surface area contributed by atoms with Crippen molar-refractivity contribution in [3.05, 3.63) is 0 Å². The van der Waals surface area contributed by atoms with Gasteiger partial charge in [0, 0.05) is 19.1 Å². The van der Waals surface area contributed by atoms with Gasteiger partial charge in [0.1, 0.15) is 0 Å². The summed E-state index contributed by atoms with van der Waals surface area (Å²) in [6, 6.07) is 0.815. The van der Waals surface area contributed by atoms with Crippen LogP contribution in [0.3, 0.4) is 0 Å². The summed E-state index contributed by atoms with van der Waals surface area (Å²) in [4.78, 5) is 2.54. The van der Waals surface area contributed by atoms with Crippen LogP contribution >= 0.6 is 0 Å². The van der Waals surface area contributed by atoms with Crippen molar-refractivity contribution < 1.29 is 0 Å². The van der Waals surface area contributed by atoms with Crippen LogP contribution in [0.2, 0.25) is 0 Å². The van der Waals surface area contributed by atoms with Crippen molar-refractivity contribution in [2.45, 2.75) is 89.5 Å². The number of nitrogens with zero attached hydrogens (tertiary/aromatic N) is 1. The molecule has 0 amide bonds. The van der Waals surface area contributed by atoms with Gasteiger partial charge < -0.3 is 10.2 Å². The fourth-order valence-electron chi connectivity index (χ4n) is 3.43. The molecule has 1 aliphatic carbocycles. The summed E-state index contributed by atoms with van der Waals surface area (Å²) in [5, 5.41) is 3.85. The lowest BCUT2D eigenvalue weighted by Gasteiger charge is -2.19. The Morgan fingerprint density at radius 2 is 1.25 bits per heavy atom. The van der Waals surface area contributed by atoms with Crippen LogP contribution in [0.4, 0.5) is 0 Å². The lowest BCUT2D eigenvalue weighted by molar-refractivity contribution is 0.396. The smallest absolute Gasteiger partial charge is 0.0110 e. The molecule has 118 valence electrons. The zero-order chi connectivity index (χ0) is 13.9. The molecule has 1 saturated heterocycles. The van der Waals surface area contributed by atoms with Crippen LogP contribution in [0.25, 0.3) is 0 Å². The molecule has 0 aromatic carbocycles. The molecule has 1 N–H and O–H groups in total. The van der Waals surface area contributed by atoms with Gasteiger partial charge in [-0.25, -0.2) is 0 Å². The standard InChI is InChI=1S/C18H36N2/c1-2-4-6-8-12-18(13-9-7-5-3-1)19-14-10-11-15-20-16-17-20/h18-19H,1-17H2. The van der Waals surface area contributed by atoms with Gasteiger partial charge in [-0.15, -0.1) is 0 Å². The molecule has 0 bridgehead atoms. The van der Waals surface area contributed by atoms with Crippen LogP contribution in [-0.4, -0.2) is 37.1 Å². The summed E-state index contributed by atoms with van der Waals surface area (Å²) in [7, 11) is 0. The third-order valence-electron chi connectivity index (χ3n) is 4.98. The minimum atomic E-state index is 0.815. The average molecular weight is 280 g/mol. The Bertz CT molecular complexity index is 213. The highest BCUT2D eigenvalue weighted by Gasteiger charge is 2.15. The molecule has 0 atom stereocenters. The van der Waals surface area contributed by atoms with Crippen molar-refractivity contribution in [3.63, 3.8) is 0 Å². The quantitative estimate of drug-likeness (QED) is 0.575. The van der Waals surface area contributed by atoms with Gasteiger partial charge in [-0.1, -0.05) is 57.8 Å². The third kappa shape index (κ3) is 8.26. The molecule has 1 heterocycles. The molecule has 2 heteroatoms. The molecule has 20 heavy (non-hydrogen) atoms. The SMILES string of the molecule is C1CCCCCC(NCCCCN2CC2)CCCCC1. The van der Waals surface area contributed by atoms with Gasteiger partial charge in [-0.2, -0.15) is 0 Å². The number of unbranched alkanes of at least 4 members (excludes halogenated alkanes) is 1. The van der Waals surface area contributed by atoms with E-state index in [1.165, 1.54) is 110 Å². The minimum absolute atomic E-state index is 0.815. The molecule has 0 aromatic heterocycles. The number of hydrogen-bond acceptors (Lipinski definition) is 2. The van der Waals surface area contributed by atoms with Gasteiger partial charge in [0.05, 0.1) is 0 Å². The molecule has 1 aliphatic heterocycles. The van der Waals surface area contributed by atoms with E-state index in [0.717, 1.165) is 6.04 Å². The van der Waals surface area contributed by atoms with E-state index in [0.29, 0.717) is 0 Å². The predicted molar refractivity (Wildman–Crippen MR) is 88.3 cm³/mol. The Morgan fingerprint density at radius 1 is 0.700 bits per heavy atom. The second kappa shape index (κ2) is 10.6. The molecule has 2 nitrogen and oxygen atoms in total. The van der Waals surface area contributed by atoms with Crippen LogP contribution < -0.4 is 5.32 Å². The average Bonchev–Trinajstić information content (AvgIpc) is 3.25. The van der Waals surface area contributed by atoms with Crippen molar-refractivity contribution in [2.24, 2.45) is 0 Å². The van der Waals surface area contributed by atoms with E-state index in [1.807, 2.05) is 0 Å². The zero-order valence-corrected chi connectivity index (χ0v) is 13.5. The highest BCUT2D eigenvalue weighted by atomic mass is 15.2. The van der Waals surface area contributed by atoms with E-state index in [2.05, 4.69) is 10.2 Å². The fraction of sp³-hybridized carbons (Fsp3) is 1.00. The van der Waals surface area contributed by atoms with Crippen LogP contribution in [-0.2, 0) is 0 Å². The lowest BCUT2D eigenvalue weighted by Crippen LogP contribution is -2.30. The highest BCUT2D eigenvalue weighted by molar-refractivity contribution is 4.72. The maximum absolute atomic E-state index is 3.85. The van der Waals surface area contributed by atoms with Crippen LogP contribution in [0, 0.1) is 0 Å². The van der Waals surface area contributed by atoms with Gasteiger partial charge in [0.15, 0.2) is 0 Å². The van der Waals surface area contributed by atoms with E-state index in [-0.39, 0.29) is 0 Å². The van der Waals surface area contributed by atoms with Crippen molar-refractivity contribution in [3.8, 4) is 0 Å².